The predicted molar refractivity (Wildman–Crippen MR) is 166 cm³/mol. The molecule has 1 aliphatic rings. The first kappa shape index (κ1) is 30.4. The summed E-state index contributed by atoms with van der Waals surface area (Å²) < 4.78 is 12.2. The Labute approximate surface area is 244 Å². The van der Waals surface area contributed by atoms with E-state index in [-0.39, 0.29) is 23.3 Å². The average Bonchev–Trinajstić information content (AvgIpc) is 3.19. The Morgan fingerprint density at radius 1 is 1.00 bits per heavy atom. The number of fused-ring (bicyclic) bond motifs is 2. The van der Waals surface area contributed by atoms with Gasteiger partial charge < -0.3 is 14.8 Å². The number of nitrogens with zero attached hydrogens (tertiary/aromatic N) is 2. The largest absolute Gasteiger partial charge is 0.493 e. The quantitative estimate of drug-likeness (QED) is 0.172. The van der Waals surface area contributed by atoms with Crippen LogP contribution in [0.5, 0.6) is 11.5 Å². The molecule has 41 heavy (non-hydrogen) atoms. The fraction of sp³-hybridized carbons (Fsp3) is 0.500. The average molecular weight is 560 g/mol. The number of carbonyl (C=O) groups is 2. The number of aryl methyl sites for hydroxylation is 1. The monoisotopic (exact) mass is 559 g/mol. The molecule has 2 aromatic carbocycles. The van der Waals surface area contributed by atoms with Gasteiger partial charge in [-0.05, 0) is 56.4 Å². The molecule has 1 aliphatic heterocycles. The van der Waals surface area contributed by atoms with Crippen molar-refractivity contribution >= 4 is 28.4 Å². The molecule has 2 amide bonds. The number of pyridine rings is 1. The van der Waals surface area contributed by atoms with Crippen LogP contribution in [0, 0.1) is 0 Å². The number of methoxy groups -OCH3 is 1. The molecule has 220 valence electrons. The molecular weight excluding hydrogens is 514 g/mol. The van der Waals surface area contributed by atoms with E-state index in [9.17, 15) is 9.59 Å². The van der Waals surface area contributed by atoms with Gasteiger partial charge in [-0.15, -0.1) is 0 Å². The summed E-state index contributed by atoms with van der Waals surface area (Å²) in [6.07, 6.45) is 5.53. The molecule has 0 spiro atoms. The summed E-state index contributed by atoms with van der Waals surface area (Å²) in [6.45, 7) is 14.0. The van der Waals surface area contributed by atoms with Crippen molar-refractivity contribution in [3.05, 3.63) is 58.8 Å². The van der Waals surface area contributed by atoms with Gasteiger partial charge >= 0.3 is 0 Å². The number of rotatable bonds is 13. The van der Waals surface area contributed by atoms with Crippen LogP contribution in [0.25, 0.3) is 10.9 Å². The van der Waals surface area contributed by atoms with Gasteiger partial charge in [0.25, 0.3) is 11.8 Å². The standard InChI is InChI=1S/C34H45N3O4/c1-8-10-13-19-41-31-27(40-7)21-26(30-29(31)23(9-2)20-28(36-30)34(4,5)6)35-22(3)15-14-18-37-32(38)24-16-11-12-17-25(24)33(37)39/h11-12,16-17,20-22,35H,8-10,13-15,18-19H2,1-7H3. The van der Waals surface area contributed by atoms with Gasteiger partial charge in [0, 0.05) is 29.8 Å². The maximum absolute atomic E-state index is 12.8. The Morgan fingerprint density at radius 3 is 2.27 bits per heavy atom. The minimum absolute atomic E-state index is 0.0691. The number of hydrogen-bond donors (Lipinski definition) is 1. The number of unbranched alkanes of at least 4 members (excludes halogenated alkanes) is 2. The van der Waals surface area contributed by atoms with Crippen LogP contribution >= 0.6 is 0 Å². The first-order chi connectivity index (χ1) is 19.6. The van der Waals surface area contributed by atoms with Crippen molar-refractivity contribution in [2.45, 2.75) is 91.5 Å². The second kappa shape index (κ2) is 12.9. The zero-order valence-electron chi connectivity index (χ0n) is 25.7. The minimum Gasteiger partial charge on any atom is -0.493 e. The Hall–Kier alpha value is -3.61. The lowest BCUT2D eigenvalue weighted by Crippen LogP contribution is -2.31. The van der Waals surface area contributed by atoms with Crippen molar-refractivity contribution in [2.24, 2.45) is 0 Å². The van der Waals surface area contributed by atoms with Gasteiger partial charge in [0.05, 0.1) is 41.4 Å². The number of amides is 2. The second-order valence-corrected chi connectivity index (χ2v) is 12.0. The number of carbonyl (C=O) groups excluding carboxylic acids is 2. The van der Waals surface area contributed by atoms with Crippen molar-refractivity contribution in [1.82, 2.24) is 9.88 Å². The minimum atomic E-state index is -0.206. The molecule has 3 aromatic rings. The molecule has 1 unspecified atom stereocenters. The van der Waals surface area contributed by atoms with Crippen LogP contribution in [-0.2, 0) is 11.8 Å². The third-order valence-electron chi connectivity index (χ3n) is 7.75. The third kappa shape index (κ3) is 6.50. The van der Waals surface area contributed by atoms with Crippen molar-refractivity contribution in [1.29, 1.82) is 0 Å². The van der Waals surface area contributed by atoms with Crippen LogP contribution in [-0.4, -0.2) is 48.0 Å². The molecule has 0 aliphatic carbocycles. The maximum atomic E-state index is 12.8. The molecule has 7 heteroatoms. The lowest BCUT2D eigenvalue weighted by atomic mass is 9.89. The molecule has 0 saturated heterocycles. The van der Waals surface area contributed by atoms with Crippen LogP contribution < -0.4 is 14.8 Å². The lowest BCUT2D eigenvalue weighted by molar-refractivity contribution is 0.0651. The molecule has 0 fully saturated rings. The smallest absolute Gasteiger partial charge is 0.261 e. The van der Waals surface area contributed by atoms with Gasteiger partial charge in [-0.25, -0.2) is 4.98 Å². The van der Waals surface area contributed by atoms with Crippen LogP contribution in [0.3, 0.4) is 0 Å². The Kier molecular flexibility index (Phi) is 9.57. The second-order valence-electron chi connectivity index (χ2n) is 12.0. The third-order valence-corrected chi connectivity index (χ3v) is 7.75. The summed E-state index contributed by atoms with van der Waals surface area (Å²) in [5.74, 6) is 1.03. The van der Waals surface area contributed by atoms with Gasteiger partial charge in [0.15, 0.2) is 11.5 Å². The number of aromatic nitrogens is 1. The number of hydrogen-bond acceptors (Lipinski definition) is 6. The van der Waals surface area contributed by atoms with Gasteiger partial charge in [0.2, 0.25) is 0 Å². The number of anilines is 1. The fourth-order valence-electron chi connectivity index (χ4n) is 5.36. The summed E-state index contributed by atoms with van der Waals surface area (Å²) in [7, 11) is 1.68. The maximum Gasteiger partial charge on any atom is 0.261 e. The highest BCUT2D eigenvalue weighted by molar-refractivity contribution is 6.21. The lowest BCUT2D eigenvalue weighted by Gasteiger charge is -2.25. The van der Waals surface area contributed by atoms with E-state index in [1.54, 1.807) is 31.4 Å². The molecule has 1 aromatic heterocycles. The summed E-state index contributed by atoms with van der Waals surface area (Å²) in [5.41, 5.74) is 4.86. The molecule has 0 radical (unpaired) electrons. The molecule has 1 N–H and O–H groups in total. The summed E-state index contributed by atoms with van der Waals surface area (Å²) in [4.78, 5) is 32.1. The van der Waals surface area contributed by atoms with Crippen LogP contribution in [0.1, 0.15) is 106 Å². The van der Waals surface area contributed by atoms with Crippen LogP contribution in [0.2, 0.25) is 0 Å². The van der Waals surface area contributed by atoms with E-state index < -0.39 is 0 Å². The molecular formula is C34H45N3O4. The highest BCUT2D eigenvalue weighted by atomic mass is 16.5. The first-order valence-corrected chi connectivity index (χ1v) is 15.0. The number of imide groups is 1. The highest BCUT2D eigenvalue weighted by Gasteiger charge is 2.34. The van der Waals surface area contributed by atoms with E-state index in [0.29, 0.717) is 36.4 Å². The van der Waals surface area contributed by atoms with E-state index in [0.717, 1.165) is 60.1 Å². The molecule has 0 saturated carbocycles. The molecule has 0 bridgehead atoms. The zero-order valence-corrected chi connectivity index (χ0v) is 25.7. The van der Waals surface area contributed by atoms with Gasteiger partial charge in [0.1, 0.15) is 0 Å². The van der Waals surface area contributed by atoms with E-state index in [1.165, 1.54) is 10.5 Å². The number of ether oxygens (including phenoxy) is 2. The summed E-state index contributed by atoms with van der Waals surface area (Å²) in [6, 6.07) is 11.3. The normalized spacial score (nSPS) is 14.0. The Balaban J connectivity index is 1.60. The molecule has 2 heterocycles. The van der Waals surface area contributed by atoms with Crippen LogP contribution in [0.4, 0.5) is 5.69 Å². The van der Waals surface area contributed by atoms with Crippen molar-refractivity contribution in [2.75, 3.05) is 25.6 Å². The molecule has 7 nitrogen and oxygen atoms in total. The highest BCUT2D eigenvalue weighted by Crippen LogP contribution is 2.43. The molecule has 1 atom stereocenters. The molecule has 4 rings (SSSR count). The van der Waals surface area contributed by atoms with E-state index >= 15 is 0 Å². The van der Waals surface area contributed by atoms with Crippen molar-refractivity contribution in [3.63, 3.8) is 0 Å². The zero-order chi connectivity index (χ0) is 29.7. The van der Waals surface area contributed by atoms with Crippen LogP contribution in [0.15, 0.2) is 36.4 Å². The van der Waals surface area contributed by atoms with E-state index in [2.05, 4.69) is 52.9 Å². The Morgan fingerprint density at radius 2 is 1.68 bits per heavy atom. The van der Waals surface area contributed by atoms with Gasteiger partial charge in [-0.2, -0.15) is 0 Å². The topological polar surface area (TPSA) is 80.8 Å². The van der Waals surface area contributed by atoms with Gasteiger partial charge in [-0.3, -0.25) is 14.5 Å². The first-order valence-electron chi connectivity index (χ1n) is 15.0. The predicted octanol–water partition coefficient (Wildman–Crippen LogP) is 7.55. The van der Waals surface area contributed by atoms with Crippen molar-refractivity contribution < 1.29 is 19.1 Å². The van der Waals surface area contributed by atoms with E-state index in [1.807, 2.05) is 6.07 Å². The Bertz CT molecular complexity index is 1370. The van der Waals surface area contributed by atoms with Gasteiger partial charge in [-0.1, -0.05) is 59.6 Å². The number of nitrogens with one attached hydrogen (secondary N) is 1. The number of benzene rings is 2. The summed E-state index contributed by atoms with van der Waals surface area (Å²) >= 11 is 0. The van der Waals surface area contributed by atoms with Crippen molar-refractivity contribution in [3.8, 4) is 11.5 Å². The summed E-state index contributed by atoms with van der Waals surface area (Å²) in [5, 5.41) is 4.67. The SMILES string of the molecule is CCCCCOc1c(OC)cc(NC(C)CCCN2C(=O)c3ccccc3C2=O)c2nc(C(C)(C)C)cc(CC)c12. The fourth-order valence-corrected chi connectivity index (χ4v) is 5.36. The van der Waals surface area contributed by atoms with E-state index in [4.69, 9.17) is 14.5 Å².